The molecule has 2 amide bonds. The minimum Gasteiger partial charge on any atom is -0.384 e. The first kappa shape index (κ1) is 17.0. The number of anilines is 2. The Morgan fingerprint density at radius 2 is 1.78 bits per heavy atom. The molecule has 27 heavy (non-hydrogen) atoms. The lowest BCUT2D eigenvalue weighted by atomic mass is 9.49. The largest absolute Gasteiger partial charge is 0.384 e. The SMILES string of the molecule is Nc1ccc(NC(=O)C2CCCN2C(=O)C23CC4CC(CC(C4)C2)C3)cn1. The van der Waals surface area contributed by atoms with Crippen LogP contribution in [0.3, 0.4) is 0 Å². The van der Waals surface area contributed by atoms with Gasteiger partial charge < -0.3 is 16.0 Å². The third kappa shape index (κ3) is 2.89. The molecular weight excluding hydrogens is 340 g/mol. The molecular formula is C21H28N4O2. The first-order chi connectivity index (χ1) is 13.0. The maximum absolute atomic E-state index is 13.6. The van der Waals surface area contributed by atoms with E-state index >= 15 is 0 Å². The Labute approximate surface area is 159 Å². The van der Waals surface area contributed by atoms with Gasteiger partial charge in [-0.2, -0.15) is 0 Å². The number of carbonyl (C=O) groups excluding carboxylic acids is 2. The summed E-state index contributed by atoms with van der Waals surface area (Å²) in [6.45, 7) is 0.707. The van der Waals surface area contributed by atoms with Crippen molar-refractivity contribution in [2.24, 2.45) is 23.2 Å². The molecule has 2 heterocycles. The molecule has 5 aliphatic rings. The van der Waals surface area contributed by atoms with Crippen LogP contribution in [0, 0.1) is 23.2 Å². The molecule has 6 heteroatoms. The van der Waals surface area contributed by atoms with Crippen LogP contribution in [0.1, 0.15) is 51.4 Å². The van der Waals surface area contributed by atoms with Crippen LogP contribution in [0.15, 0.2) is 18.3 Å². The Bertz CT molecular complexity index is 725. The van der Waals surface area contributed by atoms with E-state index in [1.807, 2.05) is 4.90 Å². The van der Waals surface area contributed by atoms with Gasteiger partial charge in [0.15, 0.2) is 0 Å². The average Bonchev–Trinajstić information content (AvgIpc) is 3.11. The molecule has 1 saturated heterocycles. The topological polar surface area (TPSA) is 88.3 Å². The molecule has 3 N–H and O–H groups in total. The lowest BCUT2D eigenvalue weighted by Crippen LogP contribution is -2.56. The number of nitrogens with one attached hydrogen (secondary N) is 1. The van der Waals surface area contributed by atoms with Gasteiger partial charge in [-0.25, -0.2) is 4.98 Å². The zero-order valence-electron chi connectivity index (χ0n) is 15.7. The molecule has 1 aromatic rings. The first-order valence-corrected chi connectivity index (χ1v) is 10.4. The van der Waals surface area contributed by atoms with Crippen LogP contribution < -0.4 is 11.1 Å². The molecule has 4 bridgehead atoms. The first-order valence-electron chi connectivity index (χ1n) is 10.4. The minimum absolute atomic E-state index is 0.0999. The summed E-state index contributed by atoms with van der Waals surface area (Å²) in [6, 6.07) is 3.06. The summed E-state index contributed by atoms with van der Waals surface area (Å²) in [6.07, 6.45) is 10.3. The molecule has 6 rings (SSSR count). The van der Waals surface area contributed by atoms with Gasteiger partial charge in [-0.15, -0.1) is 0 Å². The van der Waals surface area contributed by atoms with Crippen LogP contribution in [-0.4, -0.2) is 34.3 Å². The number of likely N-dealkylation sites (tertiary alicyclic amines) is 1. The van der Waals surface area contributed by atoms with Crippen molar-refractivity contribution in [2.75, 3.05) is 17.6 Å². The number of pyridine rings is 1. The van der Waals surface area contributed by atoms with E-state index in [2.05, 4.69) is 10.3 Å². The van der Waals surface area contributed by atoms with Crippen LogP contribution >= 0.6 is 0 Å². The number of nitrogens with zero attached hydrogens (tertiary/aromatic N) is 2. The normalized spacial score (nSPS) is 36.8. The molecule has 1 aliphatic heterocycles. The zero-order valence-corrected chi connectivity index (χ0v) is 15.7. The van der Waals surface area contributed by atoms with Crippen molar-refractivity contribution in [3.05, 3.63) is 18.3 Å². The summed E-state index contributed by atoms with van der Waals surface area (Å²) >= 11 is 0. The predicted octanol–water partition coefficient (Wildman–Crippen LogP) is 2.81. The second-order valence-electron chi connectivity index (χ2n) is 9.32. The highest BCUT2D eigenvalue weighted by Gasteiger charge is 2.56. The molecule has 0 spiro atoms. The van der Waals surface area contributed by atoms with E-state index in [9.17, 15) is 9.59 Å². The molecule has 4 aliphatic carbocycles. The monoisotopic (exact) mass is 368 g/mol. The standard InChI is InChI=1S/C21H28N4O2/c22-18-4-3-16(12-23-18)24-19(26)17-2-1-5-25(17)20(27)21-9-13-6-14(10-21)8-15(7-13)11-21/h3-4,12-15,17H,1-2,5-11H2,(H2,22,23)(H,24,26). The van der Waals surface area contributed by atoms with Crippen molar-refractivity contribution < 1.29 is 9.59 Å². The third-order valence-electron chi connectivity index (χ3n) is 7.36. The number of hydrogen-bond donors (Lipinski definition) is 2. The smallest absolute Gasteiger partial charge is 0.247 e. The van der Waals surface area contributed by atoms with E-state index in [1.54, 1.807) is 18.3 Å². The van der Waals surface area contributed by atoms with E-state index < -0.39 is 0 Å². The lowest BCUT2D eigenvalue weighted by Gasteiger charge is -2.56. The van der Waals surface area contributed by atoms with E-state index in [-0.39, 0.29) is 23.3 Å². The van der Waals surface area contributed by atoms with Gasteiger partial charge in [0, 0.05) is 6.54 Å². The van der Waals surface area contributed by atoms with Crippen molar-refractivity contribution in [3.63, 3.8) is 0 Å². The number of amides is 2. The van der Waals surface area contributed by atoms with Gasteiger partial charge in [0.2, 0.25) is 11.8 Å². The quantitative estimate of drug-likeness (QED) is 0.859. The molecule has 4 saturated carbocycles. The molecule has 1 aromatic heterocycles. The van der Waals surface area contributed by atoms with Gasteiger partial charge >= 0.3 is 0 Å². The van der Waals surface area contributed by atoms with Gasteiger partial charge in [-0.3, -0.25) is 9.59 Å². The van der Waals surface area contributed by atoms with Crippen LogP contribution in [0.2, 0.25) is 0 Å². The Balaban J connectivity index is 1.32. The van der Waals surface area contributed by atoms with Crippen molar-refractivity contribution in [1.82, 2.24) is 9.88 Å². The molecule has 5 fully saturated rings. The van der Waals surface area contributed by atoms with E-state index in [4.69, 9.17) is 5.73 Å². The zero-order chi connectivity index (χ0) is 18.6. The maximum Gasteiger partial charge on any atom is 0.247 e. The summed E-state index contributed by atoms with van der Waals surface area (Å²) in [5, 5.41) is 2.92. The average molecular weight is 368 g/mol. The van der Waals surface area contributed by atoms with Gasteiger partial charge in [0.05, 0.1) is 17.3 Å². The Hall–Kier alpha value is -2.11. The Kier molecular flexibility index (Phi) is 3.92. The fourth-order valence-corrected chi connectivity index (χ4v) is 6.66. The number of nitrogens with two attached hydrogens (primary N) is 1. The summed E-state index contributed by atoms with van der Waals surface area (Å²) in [4.78, 5) is 32.4. The minimum atomic E-state index is -0.358. The third-order valence-corrected chi connectivity index (χ3v) is 7.36. The van der Waals surface area contributed by atoms with E-state index in [0.717, 1.165) is 49.9 Å². The van der Waals surface area contributed by atoms with Gasteiger partial charge in [0.25, 0.3) is 0 Å². The van der Waals surface area contributed by atoms with Gasteiger partial charge in [-0.05, 0) is 81.3 Å². The molecule has 144 valence electrons. The van der Waals surface area contributed by atoms with Gasteiger partial charge in [-0.1, -0.05) is 0 Å². The highest BCUT2D eigenvalue weighted by molar-refractivity contribution is 5.98. The lowest BCUT2D eigenvalue weighted by molar-refractivity contribution is -0.160. The van der Waals surface area contributed by atoms with Crippen molar-refractivity contribution in [2.45, 2.75) is 57.4 Å². The number of aromatic nitrogens is 1. The van der Waals surface area contributed by atoms with E-state index in [1.165, 1.54) is 19.3 Å². The predicted molar refractivity (Wildman–Crippen MR) is 103 cm³/mol. The fourth-order valence-electron chi connectivity index (χ4n) is 6.66. The number of rotatable bonds is 3. The van der Waals surface area contributed by atoms with E-state index in [0.29, 0.717) is 18.1 Å². The highest BCUT2D eigenvalue weighted by atomic mass is 16.2. The number of carbonyl (C=O) groups is 2. The van der Waals surface area contributed by atoms with Crippen molar-refractivity contribution >= 4 is 23.3 Å². The Morgan fingerprint density at radius 3 is 2.37 bits per heavy atom. The van der Waals surface area contributed by atoms with Crippen LogP contribution in [0.5, 0.6) is 0 Å². The molecule has 1 unspecified atom stereocenters. The number of nitrogen functional groups attached to an aromatic ring is 1. The summed E-state index contributed by atoms with van der Waals surface area (Å²) < 4.78 is 0. The summed E-state index contributed by atoms with van der Waals surface area (Å²) in [7, 11) is 0. The van der Waals surface area contributed by atoms with Crippen molar-refractivity contribution in [1.29, 1.82) is 0 Å². The molecule has 0 aromatic carbocycles. The second-order valence-corrected chi connectivity index (χ2v) is 9.32. The second kappa shape index (κ2) is 6.21. The summed E-state index contributed by atoms with van der Waals surface area (Å²) in [5.74, 6) is 2.78. The maximum atomic E-state index is 13.6. The van der Waals surface area contributed by atoms with Crippen LogP contribution in [0.25, 0.3) is 0 Å². The van der Waals surface area contributed by atoms with Gasteiger partial charge in [0.1, 0.15) is 11.9 Å². The fraction of sp³-hybridized carbons (Fsp3) is 0.667. The molecule has 6 nitrogen and oxygen atoms in total. The van der Waals surface area contributed by atoms with Crippen LogP contribution in [0.4, 0.5) is 11.5 Å². The van der Waals surface area contributed by atoms with Crippen molar-refractivity contribution in [3.8, 4) is 0 Å². The highest BCUT2D eigenvalue weighted by Crippen LogP contribution is 2.60. The van der Waals surface area contributed by atoms with Crippen LogP contribution in [-0.2, 0) is 9.59 Å². The molecule has 1 atom stereocenters. The molecule has 0 radical (unpaired) electrons. The Morgan fingerprint density at radius 1 is 1.11 bits per heavy atom. The number of hydrogen-bond acceptors (Lipinski definition) is 4. The summed E-state index contributed by atoms with van der Waals surface area (Å²) in [5.41, 5.74) is 6.06.